The molecular weight excluding hydrogens is 288 g/mol. The van der Waals surface area contributed by atoms with Crippen LogP contribution < -0.4 is 15.6 Å². The van der Waals surface area contributed by atoms with Crippen LogP contribution in [0.1, 0.15) is 18.1 Å². The Bertz CT molecular complexity index is 867. The van der Waals surface area contributed by atoms with E-state index in [1.54, 1.807) is 0 Å². The maximum atomic E-state index is 12.2. The molecule has 2 N–H and O–H groups in total. The monoisotopic (exact) mass is 308 g/mol. The molecule has 1 heterocycles. The molecule has 0 amide bonds. The predicted octanol–water partition coefficient (Wildman–Crippen LogP) is 3.85. The summed E-state index contributed by atoms with van der Waals surface area (Å²) >= 11 is 0. The number of benzene rings is 2. The van der Waals surface area contributed by atoms with Gasteiger partial charge in [0.05, 0.1) is 6.61 Å². The van der Waals surface area contributed by atoms with Crippen molar-refractivity contribution < 1.29 is 4.74 Å². The number of hydrogen-bond acceptors (Lipinski definition) is 3. The Morgan fingerprint density at radius 3 is 2.61 bits per heavy atom. The molecule has 0 atom stereocenters. The second kappa shape index (κ2) is 6.57. The summed E-state index contributed by atoms with van der Waals surface area (Å²) in [5.74, 6) is 0.844. The van der Waals surface area contributed by atoms with Gasteiger partial charge in [-0.05, 0) is 61.2 Å². The topological polar surface area (TPSA) is 54.1 Å². The fourth-order valence-corrected chi connectivity index (χ4v) is 2.52. The molecule has 0 aliphatic heterocycles. The number of pyridine rings is 1. The molecule has 118 valence electrons. The normalized spacial score (nSPS) is 10.7. The Hall–Kier alpha value is -2.75. The fraction of sp³-hybridized carbons (Fsp3) is 0.211. The van der Waals surface area contributed by atoms with Crippen LogP contribution in [-0.4, -0.2) is 11.6 Å². The molecule has 0 bridgehead atoms. The first kappa shape index (κ1) is 15.2. The molecule has 0 aliphatic rings. The maximum Gasteiger partial charge on any atom is 0.253 e. The molecule has 0 saturated carbocycles. The van der Waals surface area contributed by atoms with E-state index in [0.717, 1.165) is 33.5 Å². The minimum Gasteiger partial charge on any atom is -0.494 e. The third kappa shape index (κ3) is 3.54. The highest BCUT2D eigenvalue weighted by Gasteiger charge is 2.03. The van der Waals surface area contributed by atoms with Crippen molar-refractivity contribution in [3.05, 3.63) is 70.0 Å². The number of nitrogens with one attached hydrogen (secondary N) is 2. The molecule has 4 heteroatoms. The number of hydrogen-bond donors (Lipinski definition) is 2. The van der Waals surface area contributed by atoms with Gasteiger partial charge in [-0.2, -0.15) is 0 Å². The van der Waals surface area contributed by atoms with Crippen LogP contribution in [0.15, 0.2) is 53.3 Å². The average molecular weight is 308 g/mol. The van der Waals surface area contributed by atoms with Crippen LogP contribution in [0, 0.1) is 6.92 Å². The molecule has 0 radical (unpaired) electrons. The highest BCUT2D eigenvalue weighted by Crippen LogP contribution is 2.17. The molecule has 0 unspecified atom stereocenters. The first-order valence-corrected chi connectivity index (χ1v) is 7.75. The van der Waals surface area contributed by atoms with Crippen LogP contribution in [0.2, 0.25) is 0 Å². The molecule has 23 heavy (non-hydrogen) atoms. The van der Waals surface area contributed by atoms with Crippen molar-refractivity contribution in [2.75, 3.05) is 11.9 Å². The summed E-state index contributed by atoms with van der Waals surface area (Å²) in [5.41, 5.74) is 3.63. The van der Waals surface area contributed by atoms with Crippen molar-refractivity contribution >= 4 is 16.6 Å². The van der Waals surface area contributed by atoms with Crippen LogP contribution in [0.4, 0.5) is 5.69 Å². The van der Waals surface area contributed by atoms with E-state index >= 15 is 0 Å². The van der Waals surface area contributed by atoms with Gasteiger partial charge < -0.3 is 15.0 Å². The molecule has 4 nitrogen and oxygen atoms in total. The zero-order valence-electron chi connectivity index (χ0n) is 13.3. The number of rotatable bonds is 5. The van der Waals surface area contributed by atoms with E-state index in [-0.39, 0.29) is 5.56 Å². The van der Waals surface area contributed by atoms with E-state index in [1.165, 1.54) is 0 Å². The summed E-state index contributed by atoms with van der Waals surface area (Å²) in [6, 6.07) is 15.7. The summed E-state index contributed by atoms with van der Waals surface area (Å²) in [6.07, 6.45) is 0. The summed E-state index contributed by atoms with van der Waals surface area (Å²) < 4.78 is 5.42. The second-order valence-electron chi connectivity index (χ2n) is 5.53. The molecule has 0 spiro atoms. The van der Waals surface area contributed by atoms with Crippen LogP contribution in [0.25, 0.3) is 10.9 Å². The van der Waals surface area contributed by atoms with Crippen molar-refractivity contribution in [2.24, 2.45) is 0 Å². The van der Waals surface area contributed by atoms with Gasteiger partial charge in [-0.25, -0.2) is 0 Å². The number of ether oxygens (including phenoxy) is 1. The van der Waals surface area contributed by atoms with E-state index in [2.05, 4.69) is 10.3 Å². The SMILES string of the molecule is CCOc1ccc(NCc2cc3ccc(C)cc3[nH]c2=O)cc1. The standard InChI is InChI=1S/C19H20N2O2/c1-3-23-17-8-6-16(7-9-17)20-12-15-11-14-5-4-13(2)10-18(14)21-19(15)22/h4-11,20H,3,12H2,1-2H3,(H,21,22). The van der Waals surface area contributed by atoms with E-state index < -0.39 is 0 Å². The van der Waals surface area contributed by atoms with Crippen LogP contribution >= 0.6 is 0 Å². The van der Waals surface area contributed by atoms with Gasteiger partial charge >= 0.3 is 0 Å². The van der Waals surface area contributed by atoms with Gasteiger partial charge in [0, 0.05) is 23.3 Å². The Balaban J connectivity index is 1.77. The predicted molar refractivity (Wildman–Crippen MR) is 94.2 cm³/mol. The molecule has 0 aliphatic carbocycles. The van der Waals surface area contributed by atoms with Crippen molar-refractivity contribution in [3.8, 4) is 5.75 Å². The summed E-state index contributed by atoms with van der Waals surface area (Å²) in [6.45, 7) is 5.10. The summed E-state index contributed by atoms with van der Waals surface area (Å²) in [5, 5.41) is 4.31. The average Bonchev–Trinajstić information content (AvgIpc) is 2.54. The lowest BCUT2D eigenvalue weighted by atomic mass is 10.1. The Kier molecular flexibility index (Phi) is 4.33. The largest absolute Gasteiger partial charge is 0.494 e. The van der Waals surface area contributed by atoms with Crippen molar-refractivity contribution in [1.29, 1.82) is 0 Å². The third-order valence-corrected chi connectivity index (χ3v) is 3.73. The molecular formula is C19H20N2O2. The van der Waals surface area contributed by atoms with Gasteiger partial charge in [-0.3, -0.25) is 4.79 Å². The Morgan fingerprint density at radius 2 is 1.87 bits per heavy atom. The number of fused-ring (bicyclic) bond motifs is 1. The molecule has 2 aromatic carbocycles. The van der Waals surface area contributed by atoms with E-state index in [4.69, 9.17) is 4.74 Å². The van der Waals surface area contributed by atoms with Crippen LogP contribution in [0.5, 0.6) is 5.75 Å². The van der Waals surface area contributed by atoms with E-state index in [1.807, 2.05) is 62.4 Å². The van der Waals surface area contributed by atoms with Gasteiger partial charge in [0.15, 0.2) is 0 Å². The first-order valence-electron chi connectivity index (χ1n) is 7.75. The Morgan fingerprint density at radius 1 is 1.09 bits per heavy atom. The van der Waals surface area contributed by atoms with Crippen LogP contribution in [-0.2, 0) is 6.54 Å². The minimum absolute atomic E-state index is 0.0541. The molecule has 3 aromatic rings. The molecule has 1 aromatic heterocycles. The quantitative estimate of drug-likeness (QED) is 0.753. The second-order valence-corrected chi connectivity index (χ2v) is 5.53. The van der Waals surface area contributed by atoms with E-state index in [0.29, 0.717) is 13.2 Å². The van der Waals surface area contributed by atoms with E-state index in [9.17, 15) is 4.79 Å². The highest BCUT2D eigenvalue weighted by atomic mass is 16.5. The maximum absolute atomic E-state index is 12.2. The minimum atomic E-state index is -0.0541. The zero-order chi connectivity index (χ0) is 16.2. The fourth-order valence-electron chi connectivity index (χ4n) is 2.52. The lowest BCUT2D eigenvalue weighted by Gasteiger charge is -2.09. The highest BCUT2D eigenvalue weighted by molar-refractivity contribution is 5.79. The number of aryl methyl sites for hydroxylation is 1. The van der Waals surface area contributed by atoms with Gasteiger partial charge in [-0.1, -0.05) is 12.1 Å². The molecule has 0 fully saturated rings. The van der Waals surface area contributed by atoms with Crippen LogP contribution in [0.3, 0.4) is 0 Å². The third-order valence-electron chi connectivity index (χ3n) is 3.73. The number of H-pyrrole nitrogens is 1. The number of anilines is 1. The van der Waals surface area contributed by atoms with Gasteiger partial charge in [0.2, 0.25) is 0 Å². The van der Waals surface area contributed by atoms with Crippen molar-refractivity contribution in [3.63, 3.8) is 0 Å². The molecule has 0 saturated heterocycles. The van der Waals surface area contributed by atoms with Crippen molar-refractivity contribution in [2.45, 2.75) is 20.4 Å². The molecule has 3 rings (SSSR count). The lowest BCUT2D eigenvalue weighted by Crippen LogP contribution is -2.15. The number of aromatic amines is 1. The zero-order valence-corrected chi connectivity index (χ0v) is 13.3. The lowest BCUT2D eigenvalue weighted by molar-refractivity contribution is 0.340. The Labute approximate surface area is 135 Å². The van der Waals surface area contributed by atoms with Gasteiger partial charge in [0.25, 0.3) is 5.56 Å². The number of aromatic nitrogens is 1. The smallest absolute Gasteiger partial charge is 0.253 e. The summed E-state index contributed by atoms with van der Waals surface area (Å²) in [7, 11) is 0. The first-order chi connectivity index (χ1) is 11.2. The summed E-state index contributed by atoms with van der Waals surface area (Å²) in [4.78, 5) is 15.1. The van der Waals surface area contributed by atoms with Crippen molar-refractivity contribution in [1.82, 2.24) is 4.98 Å². The van der Waals surface area contributed by atoms with Gasteiger partial charge in [-0.15, -0.1) is 0 Å². The van der Waals surface area contributed by atoms with Gasteiger partial charge in [0.1, 0.15) is 5.75 Å².